The smallest absolute Gasteiger partial charge is 0.257 e. The first-order chi connectivity index (χ1) is 15.2. The SMILES string of the molecule is COCCOc1ccc(COC2CC3(C2)OC2CC[C@@H](c4cnccn4)N2C3=O)cc1. The normalized spacial score (nSPS) is 29.3. The minimum Gasteiger partial charge on any atom is -0.491 e. The zero-order chi connectivity index (χ0) is 21.3. The van der Waals surface area contributed by atoms with E-state index >= 15 is 0 Å². The summed E-state index contributed by atoms with van der Waals surface area (Å²) >= 11 is 0. The molecule has 0 radical (unpaired) electrons. The van der Waals surface area contributed by atoms with Crippen molar-refractivity contribution in [3.05, 3.63) is 54.1 Å². The molecule has 1 unspecified atom stereocenters. The first-order valence-electron chi connectivity index (χ1n) is 10.8. The Morgan fingerprint density at radius 2 is 2.00 bits per heavy atom. The molecule has 3 heterocycles. The van der Waals surface area contributed by atoms with E-state index in [-0.39, 0.29) is 24.3 Å². The van der Waals surface area contributed by atoms with Crippen LogP contribution in [0.4, 0.5) is 0 Å². The molecule has 3 aliphatic rings. The Balaban J connectivity index is 1.13. The van der Waals surface area contributed by atoms with E-state index in [4.69, 9.17) is 18.9 Å². The summed E-state index contributed by atoms with van der Waals surface area (Å²) in [5, 5.41) is 0. The quantitative estimate of drug-likeness (QED) is 0.601. The van der Waals surface area contributed by atoms with Gasteiger partial charge in [-0.1, -0.05) is 12.1 Å². The van der Waals surface area contributed by atoms with E-state index in [1.165, 1.54) is 0 Å². The number of carbonyl (C=O) groups excluding carboxylic acids is 1. The van der Waals surface area contributed by atoms with Crippen LogP contribution in [0.3, 0.4) is 0 Å². The minimum atomic E-state index is -0.727. The maximum absolute atomic E-state index is 13.2. The van der Waals surface area contributed by atoms with Gasteiger partial charge < -0.3 is 23.8 Å². The Hall–Kier alpha value is -2.55. The van der Waals surface area contributed by atoms with Crippen molar-refractivity contribution in [2.75, 3.05) is 20.3 Å². The Kier molecular flexibility index (Phi) is 5.60. The van der Waals surface area contributed by atoms with E-state index < -0.39 is 5.60 Å². The summed E-state index contributed by atoms with van der Waals surface area (Å²) in [6.45, 7) is 1.59. The van der Waals surface area contributed by atoms with Gasteiger partial charge in [0.15, 0.2) is 5.60 Å². The van der Waals surface area contributed by atoms with E-state index in [2.05, 4.69) is 9.97 Å². The highest BCUT2D eigenvalue weighted by molar-refractivity contribution is 5.89. The highest BCUT2D eigenvalue weighted by Crippen LogP contribution is 2.51. The second-order valence-electron chi connectivity index (χ2n) is 8.33. The molecule has 1 amide bonds. The molecule has 3 fully saturated rings. The lowest BCUT2D eigenvalue weighted by atomic mass is 9.76. The minimum absolute atomic E-state index is 0.0246. The van der Waals surface area contributed by atoms with Crippen molar-refractivity contribution in [1.82, 2.24) is 14.9 Å². The van der Waals surface area contributed by atoms with E-state index in [9.17, 15) is 4.79 Å². The number of carbonyl (C=O) groups is 1. The van der Waals surface area contributed by atoms with Gasteiger partial charge in [0.2, 0.25) is 0 Å². The third kappa shape index (κ3) is 3.91. The molecule has 1 saturated carbocycles. The fraction of sp³-hybridized carbons (Fsp3) is 0.522. The lowest BCUT2D eigenvalue weighted by Crippen LogP contribution is -2.54. The fourth-order valence-corrected chi connectivity index (χ4v) is 4.69. The third-order valence-corrected chi connectivity index (χ3v) is 6.32. The predicted molar refractivity (Wildman–Crippen MR) is 110 cm³/mol. The standard InChI is InChI=1S/C23H27N3O5/c1-28-10-11-29-17-4-2-16(3-5-17)15-30-18-12-23(13-18)22(27)26-20(6-7-21(26)31-23)19-14-24-8-9-25-19/h2-5,8-9,14,18,20-21H,6-7,10-13,15H2,1H3/t18?,20-,21?,23?/m0/s1. The maximum Gasteiger partial charge on any atom is 0.257 e. The zero-order valence-electron chi connectivity index (χ0n) is 17.6. The second-order valence-corrected chi connectivity index (χ2v) is 8.33. The fourth-order valence-electron chi connectivity index (χ4n) is 4.69. The summed E-state index contributed by atoms with van der Waals surface area (Å²) in [5.74, 6) is 0.884. The number of benzene rings is 1. The molecule has 0 N–H and O–H groups in total. The lowest BCUT2D eigenvalue weighted by Gasteiger charge is -2.42. The average Bonchev–Trinajstić information content (AvgIpc) is 3.31. The Morgan fingerprint density at radius 1 is 1.16 bits per heavy atom. The van der Waals surface area contributed by atoms with Crippen LogP contribution in [0.1, 0.15) is 43.0 Å². The Bertz CT molecular complexity index is 901. The van der Waals surface area contributed by atoms with E-state index in [0.29, 0.717) is 32.7 Å². The molecule has 0 bridgehead atoms. The van der Waals surface area contributed by atoms with Crippen molar-refractivity contribution in [2.45, 2.75) is 56.3 Å². The maximum atomic E-state index is 13.2. The number of ether oxygens (including phenoxy) is 4. The first-order valence-corrected chi connectivity index (χ1v) is 10.8. The van der Waals surface area contributed by atoms with Crippen molar-refractivity contribution in [1.29, 1.82) is 0 Å². The average molecular weight is 425 g/mol. The lowest BCUT2D eigenvalue weighted by molar-refractivity contribution is -0.177. The summed E-state index contributed by atoms with van der Waals surface area (Å²) in [7, 11) is 1.65. The van der Waals surface area contributed by atoms with Crippen molar-refractivity contribution in [2.24, 2.45) is 0 Å². The number of fused-ring (bicyclic) bond motifs is 1. The number of methoxy groups -OCH3 is 1. The van der Waals surface area contributed by atoms with Crippen molar-refractivity contribution >= 4 is 5.91 Å². The van der Waals surface area contributed by atoms with E-state index in [1.807, 2.05) is 29.2 Å². The van der Waals surface area contributed by atoms with Crippen molar-refractivity contribution in [3.8, 4) is 5.75 Å². The topological polar surface area (TPSA) is 83.0 Å². The summed E-state index contributed by atoms with van der Waals surface area (Å²) in [6.07, 6.45) is 7.82. The van der Waals surface area contributed by atoms with Gasteiger partial charge >= 0.3 is 0 Å². The van der Waals surface area contributed by atoms with Gasteiger partial charge in [0, 0.05) is 32.3 Å². The van der Waals surface area contributed by atoms with Crippen LogP contribution < -0.4 is 4.74 Å². The van der Waals surface area contributed by atoms with Gasteiger partial charge in [0.1, 0.15) is 18.6 Å². The molecular formula is C23H27N3O5. The number of hydrogen-bond acceptors (Lipinski definition) is 7. The number of nitrogens with zero attached hydrogens (tertiary/aromatic N) is 3. The molecule has 2 aliphatic heterocycles. The van der Waals surface area contributed by atoms with Gasteiger partial charge in [-0.3, -0.25) is 14.8 Å². The summed E-state index contributed by atoms with van der Waals surface area (Å²) < 4.78 is 22.8. The third-order valence-electron chi connectivity index (χ3n) is 6.32. The van der Waals surface area contributed by atoms with Crippen LogP contribution in [0.5, 0.6) is 5.75 Å². The molecule has 2 saturated heterocycles. The van der Waals surface area contributed by atoms with Gasteiger partial charge in [0.05, 0.1) is 37.3 Å². The summed E-state index contributed by atoms with van der Waals surface area (Å²) in [6, 6.07) is 7.81. The highest BCUT2D eigenvalue weighted by Gasteiger charge is 2.63. The molecule has 1 spiro atoms. The van der Waals surface area contributed by atoms with Crippen LogP contribution in [-0.2, 0) is 25.6 Å². The molecule has 5 rings (SSSR count). The summed E-state index contributed by atoms with van der Waals surface area (Å²) in [5.41, 5.74) is 1.18. The first kappa shape index (κ1) is 20.4. The Morgan fingerprint density at radius 3 is 2.74 bits per heavy atom. The van der Waals surface area contributed by atoms with E-state index in [1.54, 1.807) is 25.7 Å². The largest absolute Gasteiger partial charge is 0.491 e. The van der Waals surface area contributed by atoms with Gasteiger partial charge in [0.25, 0.3) is 5.91 Å². The monoisotopic (exact) mass is 425 g/mol. The Labute approximate surface area is 181 Å². The molecule has 2 aromatic rings. The number of rotatable bonds is 8. The molecule has 8 nitrogen and oxygen atoms in total. The summed E-state index contributed by atoms with van der Waals surface area (Å²) in [4.78, 5) is 23.6. The molecular weight excluding hydrogens is 398 g/mol. The molecule has 8 heteroatoms. The van der Waals surface area contributed by atoms with E-state index in [0.717, 1.165) is 29.8 Å². The van der Waals surface area contributed by atoms with Crippen LogP contribution in [0.25, 0.3) is 0 Å². The van der Waals surface area contributed by atoms with Crippen LogP contribution in [-0.4, -0.2) is 59.0 Å². The van der Waals surface area contributed by atoms with Crippen LogP contribution in [0, 0.1) is 0 Å². The molecule has 164 valence electrons. The zero-order valence-corrected chi connectivity index (χ0v) is 17.6. The second kappa shape index (κ2) is 8.53. The van der Waals surface area contributed by atoms with Gasteiger partial charge in [-0.05, 0) is 30.5 Å². The molecule has 31 heavy (non-hydrogen) atoms. The van der Waals surface area contributed by atoms with Crippen molar-refractivity contribution < 1.29 is 23.7 Å². The van der Waals surface area contributed by atoms with Gasteiger partial charge in [-0.15, -0.1) is 0 Å². The van der Waals surface area contributed by atoms with Crippen molar-refractivity contribution in [3.63, 3.8) is 0 Å². The molecule has 2 atom stereocenters. The number of aromatic nitrogens is 2. The molecule has 1 aromatic heterocycles. The van der Waals surface area contributed by atoms with Gasteiger partial charge in [-0.2, -0.15) is 0 Å². The number of amides is 1. The van der Waals surface area contributed by atoms with Crippen LogP contribution in [0.2, 0.25) is 0 Å². The number of hydrogen-bond donors (Lipinski definition) is 0. The van der Waals surface area contributed by atoms with Crippen LogP contribution >= 0.6 is 0 Å². The van der Waals surface area contributed by atoms with Gasteiger partial charge in [-0.25, -0.2) is 0 Å². The molecule has 1 aromatic carbocycles. The molecule has 1 aliphatic carbocycles. The predicted octanol–water partition coefficient (Wildman–Crippen LogP) is 2.64. The highest BCUT2D eigenvalue weighted by atomic mass is 16.6. The van der Waals surface area contributed by atoms with Crippen LogP contribution in [0.15, 0.2) is 42.9 Å².